The van der Waals surface area contributed by atoms with Crippen LogP contribution in [-0.4, -0.2) is 26.4 Å². The molecule has 0 atom stereocenters. The highest BCUT2D eigenvalue weighted by molar-refractivity contribution is 5.27. The van der Waals surface area contributed by atoms with Crippen LogP contribution in [-0.2, 0) is 11.2 Å². The van der Waals surface area contributed by atoms with Crippen molar-refractivity contribution >= 4 is 0 Å². The van der Waals surface area contributed by atoms with Crippen LogP contribution in [0.3, 0.4) is 0 Å². The topological polar surface area (TPSA) is 44.5 Å². The summed E-state index contributed by atoms with van der Waals surface area (Å²) in [4.78, 5) is 0. The van der Waals surface area contributed by atoms with Gasteiger partial charge < -0.3 is 15.2 Å². The van der Waals surface area contributed by atoms with Gasteiger partial charge in [0.1, 0.15) is 12.4 Å². The molecule has 3 nitrogen and oxygen atoms in total. The summed E-state index contributed by atoms with van der Waals surface area (Å²) >= 11 is 0. The molecule has 16 heavy (non-hydrogen) atoms. The van der Waals surface area contributed by atoms with Crippen LogP contribution >= 0.6 is 0 Å². The lowest BCUT2D eigenvalue weighted by molar-refractivity contribution is 0.121. The molecule has 1 rings (SSSR count). The average Bonchev–Trinajstić information content (AvgIpc) is 2.31. The van der Waals surface area contributed by atoms with Gasteiger partial charge in [0.2, 0.25) is 0 Å². The summed E-state index contributed by atoms with van der Waals surface area (Å²) in [5.74, 6) is 0.864. The predicted molar refractivity (Wildman–Crippen MR) is 65.7 cm³/mol. The molecule has 0 spiro atoms. The van der Waals surface area contributed by atoms with Crippen LogP contribution in [0.4, 0.5) is 0 Å². The fourth-order valence-corrected chi connectivity index (χ4v) is 1.30. The van der Waals surface area contributed by atoms with Gasteiger partial charge in [0.15, 0.2) is 0 Å². The lowest BCUT2D eigenvalue weighted by Crippen LogP contribution is -2.06. The van der Waals surface area contributed by atoms with Crippen LogP contribution in [0.15, 0.2) is 36.9 Å². The van der Waals surface area contributed by atoms with Crippen molar-refractivity contribution in [3.63, 3.8) is 0 Å². The highest BCUT2D eigenvalue weighted by Gasteiger charge is 1.95. The van der Waals surface area contributed by atoms with E-state index >= 15 is 0 Å². The van der Waals surface area contributed by atoms with Crippen LogP contribution < -0.4 is 10.5 Å². The monoisotopic (exact) mass is 221 g/mol. The number of rotatable bonds is 8. The second kappa shape index (κ2) is 7.91. The SMILES string of the molecule is C=CCOCCOc1ccc(CCN)cc1. The molecule has 88 valence electrons. The van der Waals surface area contributed by atoms with Gasteiger partial charge in [-0.2, -0.15) is 0 Å². The Morgan fingerprint density at radius 1 is 1.19 bits per heavy atom. The number of nitrogens with two attached hydrogens (primary N) is 1. The molecule has 0 unspecified atom stereocenters. The minimum absolute atomic E-state index is 0.560. The third-order valence-corrected chi connectivity index (χ3v) is 2.09. The van der Waals surface area contributed by atoms with Crippen molar-refractivity contribution in [1.29, 1.82) is 0 Å². The second-order valence-corrected chi connectivity index (χ2v) is 3.39. The molecule has 0 saturated carbocycles. The summed E-state index contributed by atoms with van der Waals surface area (Å²) in [7, 11) is 0. The molecule has 2 N–H and O–H groups in total. The van der Waals surface area contributed by atoms with Gasteiger partial charge in [-0.3, -0.25) is 0 Å². The zero-order valence-corrected chi connectivity index (χ0v) is 9.52. The van der Waals surface area contributed by atoms with Crippen LogP contribution in [0, 0.1) is 0 Å². The fourth-order valence-electron chi connectivity index (χ4n) is 1.30. The van der Waals surface area contributed by atoms with Crippen molar-refractivity contribution in [2.75, 3.05) is 26.4 Å². The van der Waals surface area contributed by atoms with E-state index in [1.54, 1.807) is 6.08 Å². The summed E-state index contributed by atoms with van der Waals surface area (Å²) < 4.78 is 10.7. The zero-order valence-electron chi connectivity index (χ0n) is 9.52. The summed E-state index contributed by atoms with van der Waals surface area (Å²) in [6, 6.07) is 7.98. The van der Waals surface area contributed by atoms with Crippen LogP contribution in [0.5, 0.6) is 5.75 Å². The summed E-state index contributed by atoms with van der Waals surface area (Å²) in [5.41, 5.74) is 6.70. The minimum Gasteiger partial charge on any atom is -0.491 e. The smallest absolute Gasteiger partial charge is 0.119 e. The van der Waals surface area contributed by atoms with Gasteiger partial charge in [0.05, 0.1) is 13.2 Å². The van der Waals surface area contributed by atoms with Gasteiger partial charge >= 0.3 is 0 Å². The Kier molecular flexibility index (Phi) is 6.30. The molecule has 0 fully saturated rings. The van der Waals surface area contributed by atoms with E-state index in [1.807, 2.05) is 24.3 Å². The largest absolute Gasteiger partial charge is 0.491 e. The number of hydrogen-bond acceptors (Lipinski definition) is 3. The quantitative estimate of drug-likeness (QED) is 0.537. The molecule has 0 saturated heterocycles. The molecule has 0 bridgehead atoms. The summed E-state index contributed by atoms with van der Waals surface area (Å²) in [6.07, 6.45) is 2.63. The van der Waals surface area contributed by atoms with E-state index in [-0.39, 0.29) is 0 Å². The number of ether oxygens (including phenoxy) is 2. The Labute approximate surface area is 96.9 Å². The first-order valence-electron chi connectivity index (χ1n) is 5.47. The minimum atomic E-state index is 0.560. The van der Waals surface area contributed by atoms with Gasteiger partial charge in [-0.15, -0.1) is 6.58 Å². The van der Waals surface area contributed by atoms with Gasteiger partial charge in [-0.25, -0.2) is 0 Å². The van der Waals surface area contributed by atoms with Crippen LogP contribution in [0.2, 0.25) is 0 Å². The molecule has 1 aromatic rings. The van der Waals surface area contributed by atoms with Crippen molar-refractivity contribution in [1.82, 2.24) is 0 Å². The van der Waals surface area contributed by atoms with Gasteiger partial charge in [0, 0.05) is 0 Å². The fraction of sp³-hybridized carbons (Fsp3) is 0.385. The zero-order chi connectivity index (χ0) is 11.6. The standard InChI is InChI=1S/C13H19NO2/c1-2-9-15-10-11-16-13-5-3-12(4-6-13)7-8-14/h2-6H,1,7-11,14H2. The van der Waals surface area contributed by atoms with Gasteiger partial charge in [0.25, 0.3) is 0 Å². The van der Waals surface area contributed by atoms with E-state index in [0.29, 0.717) is 26.4 Å². The second-order valence-electron chi connectivity index (χ2n) is 3.39. The van der Waals surface area contributed by atoms with Crippen LogP contribution in [0.1, 0.15) is 5.56 Å². The van der Waals surface area contributed by atoms with E-state index in [0.717, 1.165) is 12.2 Å². The predicted octanol–water partition coefficient (Wildman–Crippen LogP) is 1.77. The Morgan fingerprint density at radius 3 is 2.56 bits per heavy atom. The highest BCUT2D eigenvalue weighted by atomic mass is 16.5. The van der Waals surface area contributed by atoms with Crippen molar-refractivity contribution in [2.24, 2.45) is 5.73 Å². The summed E-state index contributed by atoms with van der Waals surface area (Å²) in [6.45, 7) is 5.95. The van der Waals surface area contributed by atoms with E-state index < -0.39 is 0 Å². The van der Waals surface area contributed by atoms with E-state index in [9.17, 15) is 0 Å². The molecule has 0 aliphatic rings. The molecular weight excluding hydrogens is 202 g/mol. The molecule has 0 heterocycles. The Bertz CT molecular complexity index is 295. The first-order valence-corrected chi connectivity index (χ1v) is 5.47. The maximum atomic E-state index is 5.50. The Hall–Kier alpha value is -1.32. The van der Waals surface area contributed by atoms with E-state index in [1.165, 1.54) is 5.56 Å². The number of hydrogen-bond donors (Lipinski definition) is 1. The Morgan fingerprint density at radius 2 is 1.94 bits per heavy atom. The maximum Gasteiger partial charge on any atom is 0.119 e. The van der Waals surface area contributed by atoms with Crippen LogP contribution in [0.25, 0.3) is 0 Å². The normalized spacial score (nSPS) is 10.1. The lowest BCUT2D eigenvalue weighted by atomic mass is 10.1. The molecule has 0 aliphatic carbocycles. The van der Waals surface area contributed by atoms with Gasteiger partial charge in [-0.05, 0) is 30.7 Å². The molecule has 0 radical (unpaired) electrons. The maximum absolute atomic E-state index is 5.50. The molecule has 1 aromatic carbocycles. The third-order valence-electron chi connectivity index (χ3n) is 2.09. The molecule has 0 aromatic heterocycles. The molecule has 0 amide bonds. The van der Waals surface area contributed by atoms with E-state index in [2.05, 4.69) is 6.58 Å². The molecular formula is C13H19NO2. The van der Waals surface area contributed by atoms with Gasteiger partial charge in [-0.1, -0.05) is 18.2 Å². The Balaban J connectivity index is 2.23. The van der Waals surface area contributed by atoms with Crippen molar-refractivity contribution in [3.05, 3.63) is 42.5 Å². The lowest BCUT2D eigenvalue weighted by Gasteiger charge is -2.06. The summed E-state index contributed by atoms with van der Waals surface area (Å²) in [5, 5.41) is 0. The highest BCUT2D eigenvalue weighted by Crippen LogP contribution is 2.12. The van der Waals surface area contributed by atoms with Crippen molar-refractivity contribution in [3.8, 4) is 5.75 Å². The molecule has 0 aliphatic heterocycles. The third kappa shape index (κ3) is 4.96. The van der Waals surface area contributed by atoms with E-state index in [4.69, 9.17) is 15.2 Å². The average molecular weight is 221 g/mol. The molecule has 3 heteroatoms. The first-order chi connectivity index (χ1) is 7.86. The van der Waals surface area contributed by atoms with Crippen molar-refractivity contribution < 1.29 is 9.47 Å². The number of benzene rings is 1. The first kappa shape index (κ1) is 12.7. The van der Waals surface area contributed by atoms with Crippen molar-refractivity contribution in [2.45, 2.75) is 6.42 Å².